The summed E-state index contributed by atoms with van der Waals surface area (Å²) in [6.45, 7) is 4.67. The third-order valence-electron chi connectivity index (χ3n) is 2.54. The van der Waals surface area contributed by atoms with Crippen LogP contribution >= 0.6 is 0 Å². The highest BCUT2D eigenvalue weighted by Crippen LogP contribution is 2.19. The van der Waals surface area contributed by atoms with Gasteiger partial charge in [0.25, 0.3) is 0 Å². The average molecular weight is 271 g/mol. The zero-order chi connectivity index (χ0) is 13.4. The van der Waals surface area contributed by atoms with Crippen LogP contribution in [0.15, 0.2) is 29.2 Å². The molecule has 0 aliphatic heterocycles. The van der Waals surface area contributed by atoms with Crippen molar-refractivity contribution in [2.24, 2.45) is 0 Å². The van der Waals surface area contributed by atoms with Crippen molar-refractivity contribution in [1.29, 1.82) is 0 Å². The fourth-order valence-corrected chi connectivity index (χ4v) is 2.48. The molecule has 0 aliphatic rings. The van der Waals surface area contributed by atoms with E-state index in [1.54, 1.807) is 18.2 Å². The Morgan fingerprint density at radius 2 is 1.89 bits per heavy atom. The summed E-state index contributed by atoms with van der Waals surface area (Å²) in [5.41, 5.74) is 0.642. The van der Waals surface area contributed by atoms with E-state index in [1.807, 2.05) is 6.07 Å². The highest BCUT2D eigenvalue weighted by molar-refractivity contribution is 7.89. The van der Waals surface area contributed by atoms with Crippen molar-refractivity contribution in [2.45, 2.75) is 18.2 Å². The van der Waals surface area contributed by atoms with Gasteiger partial charge in [0.05, 0.1) is 5.69 Å². The van der Waals surface area contributed by atoms with E-state index in [0.29, 0.717) is 5.69 Å². The normalized spacial score (nSPS) is 11.4. The molecule has 102 valence electrons. The lowest BCUT2D eigenvalue weighted by Gasteiger charge is -2.11. The number of benzene rings is 1. The molecule has 1 aromatic carbocycles. The molecule has 0 saturated carbocycles. The molecule has 0 saturated heterocycles. The minimum atomic E-state index is -3.40. The van der Waals surface area contributed by atoms with Crippen molar-refractivity contribution in [3.05, 3.63) is 24.3 Å². The standard InChI is InChI=1S/C12H21N3O2S/c1-3-14-9-6-10-15-11-7-4-5-8-12(11)18(16,17)13-2/h4-5,7-8,13-15H,3,6,9-10H2,1-2H3. The molecule has 0 fully saturated rings. The summed E-state index contributed by atoms with van der Waals surface area (Å²) < 4.78 is 25.9. The first-order valence-corrected chi connectivity index (χ1v) is 7.57. The van der Waals surface area contributed by atoms with Crippen LogP contribution in [0.5, 0.6) is 0 Å². The first-order valence-electron chi connectivity index (χ1n) is 6.09. The predicted octanol–water partition coefficient (Wildman–Crippen LogP) is 1.01. The molecule has 0 bridgehead atoms. The minimum Gasteiger partial charge on any atom is -0.384 e. The molecule has 3 N–H and O–H groups in total. The molecule has 0 aliphatic carbocycles. The second-order valence-electron chi connectivity index (χ2n) is 3.84. The summed E-state index contributed by atoms with van der Waals surface area (Å²) in [6, 6.07) is 6.91. The van der Waals surface area contributed by atoms with Crippen LogP contribution in [-0.2, 0) is 10.0 Å². The van der Waals surface area contributed by atoms with Crippen molar-refractivity contribution < 1.29 is 8.42 Å². The summed E-state index contributed by atoms with van der Waals surface area (Å²) in [4.78, 5) is 0.288. The van der Waals surface area contributed by atoms with Crippen molar-refractivity contribution in [1.82, 2.24) is 10.0 Å². The molecule has 0 aromatic heterocycles. The summed E-state index contributed by atoms with van der Waals surface area (Å²) >= 11 is 0. The molecule has 0 unspecified atom stereocenters. The molecular formula is C12H21N3O2S. The monoisotopic (exact) mass is 271 g/mol. The van der Waals surface area contributed by atoms with E-state index in [4.69, 9.17) is 0 Å². The van der Waals surface area contributed by atoms with Gasteiger partial charge in [-0.1, -0.05) is 19.1 Å². The Hall–Kier alpha value is -1.11. The van der Waals surface area contributed by atoms with Crippen molar-refractivity contribution in [3.8, 4) is 0 Å². The second kappa shape index (κ2) is 7.35. The van der Waals surface area contributed by atoms with Gasteiger partial charge in [0.1, 0.15) is 4.90 Å². The van der Waals surface area contributed by atoms with Crippen molar-refractivity contribution in [3.63, 3.8) is 0 Å². The maximum atomic E-state index is 11.8. The zero-order valence-electron chi connectivity index (χ0n) is 10.9. The van der Waals surface area contributed by atoms with Gasteiger partial charge in [-0.05, 0) is 38.7 Å². The highest BCUT2D eigenvalue weighted by Gasteiger charge is 2.15. The van der Waals surface area contributed by atoms with Gasteiger partial charge in [0.15, 0.2) is 0 Å². The first-order chi connectivity index (χ1) is 8.61. The number of sulfonamides is 1. The van der Waals surface area contributed by atoms with Gasteiger partial charge in [0.2, 0.25) is 10.0 Å². The topological polar surface area (TPSA) is 70.2 Å². The van der Waals surface area contributed by atoms with E-state index in [9.17, 15) is 8.42 Å². The average Bonchev–Trinajstić information content (AvgIpc) is 2.39. The van der Waals surface area contributed by atoms with E-state index in [0.717, 1.165) is 26.1 Å². The Kier molecular flexibility index (Phi) is 6.11. The summed E-state index contributed by atoms with van der Waals surface area (Å²) in [7, 11) is -1.99. The molecule has 0 radical (unpaired) electrons. The van der Waals surface area contributed by atoms with E-state index >= 15 is 0 Å². The number of hydrogen-bond acceptors (Lipinski definition) is 4. The fourth-order valence-electron chi connectivity index (χ4n) is 1.57. The lowest BCUT2D eigenvalue weighted by atomic mass is 10.3. The van der Waals surface area contributed by atoms with Crippen LogP contribution < -0.4 is 15.4 Å². The van der Waals surface area contributed by atoms with Crippen LogP contribution in [-0.4, -0.2) is 35.1 Å². The van der Waals surface area contributed by atoms with Crippen LogP contribution in [0, 0.1) is 0 Å². The molecule has 1 rings (SSSR count). The fraction of sp³-hybridized carbons (Fsp3) is 0.500. The van der Waals surface area contributed by atoms with Crippen molar-refractivity contribution >= 4 is 15.7 Å². The van der Waals surface area contributed by atoms with Gasteiger partial charge >= 0.3 is 0 Å². The number of anilines is 1. The van der Waals surface area contributed by atoms with Gasteiger partial charge < -0.3 is 10.6 Å². The van der Waals surface area contributed by atoms with Gasteiger partial charge in [-0.2, -0.15) is 0 Å². The Morgan fingerprint density at radius 1 is 1.17 bits per heavy atom. The lowest BCUT2D eigenvalue weighted by molar-refractivity contribution is 0.588. The van der Waals surface area contributed by atoms with Gasteiger partial charge in [-0.15, -0.1) is 0 Å². The molecule has 5 nitrogen and oxygen atoms in total. The minimum absolute atomic E-state index is 0.288. The van der Waals surface area contributed by atoms with Crippen LogP contribution in [0.2, 0.25) is 0 Å². The summed E-state index contributed by atoms with van der Waals surface area (Å²) in [5.74, 6) is 0. The SMILES string of the molecule is CCNCCCNc1ccccc1S(=O)(=O)NC. The van der Waals surface area contributed by atoms with Crippen LogP contribution in [0.1, 0.15) is 13.3 Å². The molecular weight excluding hydrogens is 250 g/mol. The maximum absolute atomic E-state index is 11.8. The Labute approximate surface area is 109 Å². The number of nitrogens with one attached hydrogen (secondary N) is 3. The van der Waals surface area contributed by atoms with E-state index in [2.05, 4.69) is 22.3 Å². The highest BCUT2D eigenvalue weighted by atomic mass is 32.2. The van der Waals surface area contributed by atoms with Crippen LogP contribution in [0.4, 0.5) is 5.69 Å². The van der Waals surface area contributed by atoms with Crippen LogP contribution in [0.3, 0.4) is 0 Å². The number of hydrogen-bond donors (Lipinski definition) is 3. The van der Waals surface area contributed by atoms with Crippen molar-refractivity contribution in [2.75, 3.05) is 32.0 Å². The van der Waals surface area contributed by atoms with E-state index in [1.165, 1.54) is 7.05 Å². The second-order valence-corrected chi connectivity index (χ2v) is 5.69. The Balaban J connectivity index is 2.66. The van der Waals surface area contributed by atoms with E-state index < -0.39 is 10.0 Å². The molecule has 0 atom stereocenters. The summed E-state index contributed by atoms with van der Waals surface area (Å²) in [6.07, 6.45) is 0.946. The smallest absolute Gasteiger partial charge is 0.242 e. The van der Waals surface area contributed by atoms with Gasteiger partial charge in [-0.3, -0.25) is 0 Å². The van der Waals surface area contributed by atoms with E-state index in [-0.39, 0.29) is 4.90 Å². The molecule has 6 heteroatoms. The Bertz CT molecular complexity index is 460. The van der Waals surface area contributed by atoms with Crippen LogP contribution in [0.25, 0.3) is 0 Å². The lowest BCUT2D eigenvalue weighted by Crippen LogP contribution is -2.21. The molecule has 0 amide bonds. The molecule has 18 heavy (non-hydrogen) atoms. The maximum Gasteiger partial charge on any atom is 0.242 e. The predicted molar refractivity (Wildman–Crippen MR) is 74.3 cm³/mol. The number of rotatable bonds is 8. The first kappa shape index (κ1) is 14.9. The zero-order valence-corrected chi connectivity index (χ0v) is 11.7. The largest absolute Gasteiger partial charge is 0.384 e. The Morgan fingerprint density at radius 3 is 2.56 bits per heavy atom. The van der Waals surface area contributed by atoms with Gasteiger partial charge in [0, 0.05) is 6.54 Å². The third-order valence-corrected chi connectivity index (χ3v) is 4.01. The number of para-hydroxylation sites is 1. The van der Waals surface area contributed by atoms with Gasteiger partial charge in [-0.25, -0.2) is 13.1 Å². The molecule has 0 spiro atoms. The third kappa shape index (κ3) is 4.29. The quantitative estimate of drug-likeness (QED) is 0.617. The molecule has 1 aromatic rings. The molecule has 0 heterocycles. The summed E-state index contributed by atoms with van der Waals surface area (Å²) in [5, 5.41) is 6.37.